The third-order valence-corrected chi connectivity index (χ3v) is 3.31. The predicted octanol–water partition coefficient (Wildman–Crippen LogP) is 0.488. The summed E-state index contributed by atoms with van der Waals surface area (Å²) >= 11 is 0. The van der Waals surface area contributed by atoms with Gasteiger partial charge in [-0.3, -0.25) is 0 Å². The zero-order valence-electron chi connectivity index (χ0n) is 9.06. The van der Waals surface area contributed by atoms with E-state index in [4.69, 9.17) is 0 Å². The van der Waals surface area contributed by atoms with Crippen LogP contribution in [0.5, 0.6) is 0 Å². The monoisotopic (exact) mass is 207 g/mol. The molecule has 1 aromatic heterocycles. The van der Waals surface area contributed by atoms with Crippen molar-refractivity contribution in [2.24, 2.45) is 18.9 Å². The van der Waals surface area contributed by atoms with Crippen LogP contribution < -0.4 is 5.32 Å². The molecule has 2 aliphatic rings. The van der Waals surface area contributed by atoms with Gasteiger partial charge in [0.1, 0.15) is 0 Å². The molecule has 3 rings (SSSR count). The van der Waals surface area contributed by atoms with E-state index in [2.05, 4.69) is 20.7 Å². The van der Waals surface area contributed by atoms with Crippen molar-refractivity contribution in [2.45, 2.75) is 38.3 Å². The standard InChI is InChI=1S/C10H17N5/c1-15-13-9(12-14-15)6-11-10(7-2-3-7)8-4-5-8/h7-8,10-11H,2-6H2,1H3. The van der Waals surface area contributed by atoms with Crippen LogP contribution in [0.1, 0.15) is 31.5 Å². The Labute approximate surface area is 89.2 Å². The molecule has 0 aromatic carbocycles. The molecule has 1 N–H and O–H groups in total. The van der Waals surface area contributed by atoms with Crippen LogP contribution in [-0.2, 0) is 13.6 Å². The Hall–Kier alpha value is -0.970. The van der Waals surface area contributed by atoms with Crippen molar-refractivity contribution in [3.8, 4) is 0 Å². The summed E-state index contributed by atoms with van der Waals surface area (Å²) in [6.07, 6.45) is 5.62. The van der Waals surface area contributed by atoms with Crippen molar-refractivity contribution in [1.29, 1.82) is 0 Å². The van der Waals surface area contributed by atoms with E-state index in [9.17, 15) is 0 Å². The fourth-order valence-electron chi connectivity index (χ4n) is 2.23. The van der Waals surface area contributed by atoms with E-state index >= 15 is 0 Å². The zero-order chi connectivity index (χ0) is 10.3. The van der Waals surface area contributed by atoms with Crippen LogP contribution in [0.2, 0.25) is 0 Å². The van der Waals surface area contributed by atoms with E-state index in [0.717, 1.165) is 24.2 Å². The Morgan fingerprint density at radius 3 is 2.47 bits per heavy atom. The van der Waals surface area contributed by atoms with Gasteiger partial charge >= 0.3 is 0 Å². The highest BCUT2D eigenvalue weighted by molar-refractivity contribution is 4.97. The number of nitrogens with one attached hydrogen (secondary N) is 1. The third kappa shape index (κ3) is 2.17. The molecule has 1 aromatic rings. The molecular formula is C10H17N5. The first-order chi connectivity index (χ1) is 7.33. The van der Waals surface area contributed by atoms with Gasteiger partial charge < -0.3 is 5.32 Å². The molecular weight excluding hydrogens is 190 g/mol. The number of nitrogens with zero attached hydrogens (tertiary/aromatic N) is 4. The number of rotatable bonds is 5. The van der Waals surface area contributed by atoms with Gasteiger partial charge in [0.2, 0.25) is 0 Å². The topological polar surface area (TPSA) is 55.6 Å². The van der Waals surface area contributed by atoms with E-state index in [-0.39, 0.29) is 0 Å². The van der Waals surface area contributed by atoms with Gasteiger partial charge in [-0.2, -0.15) is 4.80 Å². The summed E-state index contributed by atoms with van der Waals surface area (Å²) in [5, 5.41) is 15.6. The zero-order valence-corrected chi connectivity index (χ0v) is 9.06. The Balaban J connectivity index is 1.55. The van der Waals surface area contributed by atoms with Crippen LogP contribution in [0.15, 0.2) is 0 Å². The maximum Gasteiger partial charge on any atom is 0.188 e. The second-order valence-electron chi connectivity index (χ2n) is 4.78. The first-order valence-corrected chi connectivity index (χ1v) is 5.79. The molecule has 0 radical (unpaired) electrons. The lowest BCUT2D eigenvalue weighted by atomic mass is 10.1. The minimum Gasteiger partial charge on any atom is -0.306 e. The molecule has 5 heteroatoms. The van der Waals surface area contributed by atoms with E-state index in [0.29, 0.717) is 6.04 Å². The largest absolute Gasteiger partial charge is 0.306 e. The molecule has 0 saturated heterocycles. The molecule has 2 fully saturated rings. The first-order valence-electron chi connectivity index (χ1n) is 5.79. The second-order valence-corrected chi connectivity index (χ2v) is 4.78. The lowest BCUT2D eigenvalue weighted by molar-refractivity contribution is 0.410. The van der Waals surface area contributed by atoms with Gasteiger partial charge in [-0.15, -0.1) is 10.2 Å². The normalized spacial score (nSPS) is 21.2. The third-order valence-electron chi connectivity index (χ3n) is 3.31. The van der Waals surface area contributed by atoms with Crippen molar-refractivity contribution in [2.75, 3.05) is 0 Å². The highest BCUT2D eigenvalue weighted by Crippen LogP contribution is 2.44. The van der Waals surface area contributed by atoms with Crippen LogP contribution >= 0.6 is 0 Å². The molecule has 0 unspecified atom stereocenters. The summed E-state index contributed by atoms with van der Waals surface area (Å²) in [7, 11) is 1.80. The van der Waals surface area contributed by atoms with Crippen LogP contribution in [0, 0.1) is 11.8 Å². The van der Waals surface area contributed by atoms with Crippen molar-refractivity contribution in [1.82, 2.24) is 25.5 Å². The molecule has 0 spiro atoms. The van der Waals surface area contributed by atoms with Gasteiger partial charge in [-0.1, -0.05) is 0 Å². The smallest absolute Gasteiger partial charge is 0.188 e. The first kappa shape index (κ1) is 9.27. The van der Waals surface area contributed by atoms with E-state index in [1.54, 1.807) is 7.05 Å². The van der Waals surface area contributed by atoms with Gasteiger partial charge in [0, 0.05) is 6.04 Å². The van der Waals surface area contributed by atoms with Crippen LogP contribution in [-0.4, -0.2) is 26.2 Å². The number of aromatic nitrogens is 4. The Morgan fingerprint density at radius 1 is 1.33 bits per heavy atom. The summed E-state index contributed by atoms with van der Waals surface area (Å²) in [6.45, 7) is 0.769. The number of hydrogen-bond acceptors (Lipinski definition) is 4. The van der Waals surface area contributed by atoms with Crippen LogP contribution in [0.25, 0.3) is 0 Å². The number of aryl methyl sites for hydroxylation is 1. The van der Waals surface area contributed by atoms with Crippen molar-refractivity contribution >= 4 is 0 Å². The summed E-state index contributed by atoms with van der Waals surface area (Å²) < 4.78 is 0. The fourth-order valence-corrected chi connectivity index (χ4v) is 2.23. The van der Waals surface area contributed by atoms with Gasteiger partial charge in [0.25, 0.3) is 0 Å². The Kier molecular flexibility index (Phi) is 2.20. The molecule has 0 amide bonds. The SMILES string of the molecule is Cn1nnc(CNC(C2CC2)C2CC2)n1. The molecule has 15 heavy (non-hydrogen) atoms. The van der Waals surface area contributed by atoms with Gasteiger partial charge in [0.15, 0.2) is 5.82 Å². The summed E-state index contributed by atoms with van der Waals surface area (Å²) in [5.74, 6) is 2.66. The molecule has 0 aliphatic heterocycles. The van der Waals surface area contributed by atoms with Crippen LogP contribution in [0.4, 0.5) is 0 Å². The number of hydrogen-bond donors (Lipinski definition) is 1. The quantitative estimate of drug-likeness (QED) is 0.763. The lowest BCUT2D eigenvalue weighted by Crippen LogP contribution is -2.32. The highest BCUT2D eigenvalue weighted by atomic mass is 15.6. The maximum absolute atomic E-state index is 4.17. The molecule has 0 atom stereocenters. The maximum atomic E-state index is 4.17. The average molecular weight is 207 g/mol. The summed E-state index contributed by atoms with van der Waals surface area (Å²) in [6, 6.07) is 0.716. The molecule has 1 heterocycles. The fraction of sp³-hybridized carbons (Fsp3) is 0.900. The molecule has 5 nitrogen and oxygen atoms in total. The van der Waals surface area contributed by atoms with E-state index in [1.165, 1.54) is 30.5 Å². The van der Waals surface area contributed by atoms with E-state index in [1.807, 2.05) is 0 Å². The van der Waals surface area contributed by atoms with Crippen molar-refractivity contribution in [3.05, 3.63) is 5.82 Å². The van der Waals surface area contributed by atoms with Gasteiger partial charge in [0.05, 0.1) is 13.6 Å². The van der Waals surface area contributed by atoms with Crippen molar-refractivity contribution < 1.29 is 0 Å². The minimum atomic E-state index is 0.716. The molecule has 2 aliphatic carbocycles. The summed E-state index contributed by atoms with van der Waals surface area (Å²) in [4.78, 5) is 1.51. The van der Waals surface area contributed by atoms with Crippen molar-refractivity contribution in [3.63, 3.8) is 0 Å². The van der Waals surface area contributed by atoms with Crippen LogP contribution in [0.3, 0.4) is 0 Å². The lowest BCUT2D eigenvalue weighted by Gasteiger charge is -2.15. The molecule has 2 saturated carbocycles. The second kappa shape index (κ2) is 3.56. The van der Waals surface area contributed by atoms with Gasteiger partial charge in [-0.25, -0.2) is 0 Å². The Bertz CT molecular complexity index is 327. The predicted molar refractivity (Wildman–Crippen MR) is 54.9 cm³/mol. The Morgan fingerprint density at radius 2 is 2.00 bits per heavy atom. The average Bonchev–Trinajstić information content (AvgIpc) is 3.09. The highest BCUT2D eigenvalue weighted by Gasteiger charge is 2.41. The molecule has 82 valence electrons. The minimum absolute atomic E-state index is 0.716. The molecule has 0 bridgehead atoms. The number of tetrazole rings is 1. The summed E-state index contributed by atoms with van der Waals surface area (Å²) in [5.41, 5.74) is 0. The van der Waals surface area contributed by atoms with Gasteiger partial charge in [-0.05, 0) is 42.7 Å². The van der Waals surface area contributed by atoms with E-state index < -0.39 is 0 Å².